The molecule has 7 heteroatoms. The van der Waals surface area contributed by atoms with Gasteiger partial charge in [0.15, 0.2) is 11.5 Å². The molecule has 0 fully saturated rings. The first kappa shape index (κ1) is 15.9. The van der Waals surface area contributed by atoms with Gasteiger partial charge in [-0.05, 0) is 24.3 Å². The molecular formula is C19H18N6O. The van der Waals surface area contributed by atoms with Crippen molar-refractivity contribution in [2.24, 2.45) is 0 Å². The lowest BCUT2D eigenvalue weighted by Gasteiger charge is -2.08. The summed E-state index contributed by atoms with van der Waals surface area (Å²) in [4.78, 5) is 16.3. The second-order valence-electron chi connectivity index (χ2n) is 5.72. The first-order valence-corrected chi connectivity index (χ1v) is 8.28. The van der Waals surface area contributed by atoms with E-state index in [1.54, 1.807) is 0 Å². The summed E-state index contributed by atoms with van der Waals surface area (Å²) >= 11 is 0. The number of nitrogens with one attached hydrogen (secondary N) is 2. The summed E-state index contributed by atoms with van der Waals surface area (Å²) in [6.45, 7) is 1.12. The highest BCUT2D eigenvalue weighted by Gasteiger charge is 2.11. The van der Waals surface area contributed by atoms with Gasteiger partial charge >= 0.3 is 0 Å². The fourth-order valence-electron chi connectivity index (χ4n) is 2.64. The average molecular weight is 346 g/mol. The number of ether oxygens (including phenoxy) is 1. The van der Waals surface area contributed by atoms with Crippen molar-refractivity contribution in [2.75, 3.05) is 24.2 Å². The SMILES string of the molecule is Nc1cccc(-c2nc3ncnc(NCCOc4ccccc4)c3[nH]2)c1. The highest BCUT2D eigenvalue weighted by Crippen LogP contribution is 2.24. The molecule has 4 N–H and O–H groups in total. The Hall–Kier alpha value is -3.61. The summed E-state index contributed by atoms with van der Waals surface area (Å²) in [6, 6.07) is 17.2. The predicted molar refractivity (Wildman–Crippen MR) is 102 cm³/mol. The minimum absolute atomic E-state index is 0.520. The number of aromatic nitrogens is 4. The summed E-state index contributed by atoms with van der Waals surface area (Å²) in [6.07, 6.45) is 1.49. The molecule has 0 aliphatic carbocycles. The number of hydrogen-bond acceptors (Lipinski definition) is 6. The quantitative estimate of drug-likeness (QED) is 0.366. The molecule has 2 aromatic heterocycles. The van der Waals surface area contributed by atoms with E-state index in [0.717, 1.165) is 16.8 Å². The number of nitrogens with zero attached hydrogens (tertiary/aromatic N) is 3. The van der Waals surface area contributed by atoms with Gasteiger partial charge in [0, 0.05) is 11.3 Å². The fraction of sp³-hybridized carbons (Fsp3) is 0.105. The Kier molecular flexibility index (Phi) is 4.34. The van der Waals surface area contributed by atoms with Crippen LogP contribution in [-0.4, -0.2) is 33.1 Å². The number of fused-ring (bicyclic) bond motifs is 1. The molecule has 0 bridgehead atoms. The molecule has 0 unspecified atom stereocenters. The Morgan fingerprint density at radius 2 is 1.92 bits per heavy atom. The van der Waals surface area contributed by atoms with Crippen LogP contribution in [0.25, 0.3) is 22.6 Å². The molecule has 0 aliphatic rings. The van der Waals surface area contributed by atoms with Crippen LogP contribution in [0.3, 0.4) is 0 Å². The van der Waals surface area contributed by atoms with Crippen molar-refractivity contribution >= 4 is 22.7 Å². The van der Waals surface area contributed by atoms with Gasteiger partial charge in [-0.3, -0.25) is 0 Å². The van der Waals surface area contributed by atoms with E-state index in [-0.39, 0.29) is 0 Å². The molecule has 0 saturated carbocycles. The van der Waals surface area contributed by atoms with Crippen molar-refractivity contribution in [2.45, 2.75) is 0 Å². The van der Waals surface area contributed by atoms with Gasteiger partial charge in [-0.15, -0.1) is 0 Å². The Morgan fingerprint density at radius 3 is 2.77 bits per heavy atom. The van der Waals surface area contributed by atoms with Crippen LogP contribution in [0.2, 0.25) is 0 Å². The predicted octanol–water partition coefficient (Wildman–Crippen LogP) is 3.09. The van der Waals surface area contributed by atoms with E-state index in [9.17, 15) is 0 Å². The number of imidazole rings is 1. The van der Waals surface area contributed by atoms with Crippen molar-refractivity contribution in [3.63, 3.8) is 0 Å². The van der Waals surface area contributed by atoms with Crippen LogP contribution in [0, 0.1) is 0 Å². The van der Waals surface area contributed by atoms with E-state index in [1.807, 2.05) is 54.6 Å². The molecule has 4 aromatic rings. The summed E-state index contributed by atoms with van der Waals surface area (Å²) in [7, 11) is 0. The van der Waals surface area contributed by atoms with E-state index in [4.69, 9.17) is 10.5 Å². The highest BCUT2D eigenvalue weighted by molar-refractivity contribution is 5.85. The smallest absolute Gasteiger partial charge is 0.183 e. The first-order chi connectivity index (χ1) is 12.8. The minimum atomic E-state index is 0.520. The standard InChI is InChI=1S/C19H18N6O/c20-14-6-4-5-13(11-14)17-24-16-18(22-12-23-19(16)25-17)21-9-10-26-15-7-2-1-3-8-15/h1-8,11-12H,9-10,20H2,(H2,21,22,23,24,25). The second kappa shape index (κ2) is 7.10. The number of rotatable bonds is 6. The van der Waals surface area contributed by atoms with Gasteiger partial charge < -0.3 is 20.8 Å². The number of anilines is 2. The Bertz CT molecular complexity index is 1010. The Labute approximate surface area is 150 Å². The lowest BCUT2D eigenvalue weighted by Crippen LogP contribution is -2.12. The normalized spacial score (nSPS) is 10.8. The Balaban J connectivity index is 1.49. The molecule has 2 heterocycles. The number of para-hydroxylation sites is 1. The van der Waals surface area contributed by atoms with E-state index < -0.39 is 0 Å². The molecule has 0 atom stereocenters. The van der Waals surface area contributed by atoms with Gasteiger partial charge in [0.05, 0.1) is 6.54 Å². The molecule has 0 radical (unpaired) electrons. The van der Waals surface area contributed by atoms with E-state index in [1.165, 1.54) is 6.33 Å². The maximum Gasteiger partial charge on any atom is 0.183 e. The van der Waals surface area contributed by atoms with Gasteiger partial charge in [0.1, 0.15) is 30.0 Å². The van der Waals surface area contributed by atoms with Crippen molar-refractivity contribution in [3.8, 4) is 17.1 Å². The summed E-state index contributed by atoms with van der Waals surface area (Å²) in [5, 5.41) is 3.26. The number of benzene rings is 2. The summed E-state index contributed by atoms with van der Waals surface area (Å²) in [5.41, 5.74) is 8.80. The maximum absolute atomic E-state index is 5.85. The first-order valence-electron chi connectivity index (χ1n) is 8.28. The van der Waals surface area contributed by atoms with Crippen LogP contribution >= 0.6 is 0 Å². The largest absolute Gasteiger partial charge is 0.492 e. The van der Waals surface area contributed by atoms with Crippen molar-refractivity contribution in [3.05, 3.63) is 60.9 Å². The third-order valence-corrected chi connectivity index (χ3v) is 3.85. The van der Waals surface area contributed by atoms with E-state index >= 15 is 0 Å². The molecule has 0 aliphatic heterocycles. The molecule has 2 aromatic carbocycles. The highest BCUT2D eigenvalue weighted by atomic mass is 16.5. The van der Waals surface area contributed by atoms with Crippen LogP contribution in [0.15, 0.2) is 60.9 Å². The zero-order chi connectivity index (χ0) is 17.8. The lowest BCUT2D eigenvalue weighted by atomic mass is 10.2. The number of nitrogens with two attached hydrogens (primary N) is 1. The van der Waals surface area contributed by atoms with Gasteiger partial charge in [0.2, 0.25) is 0 Å². The third kappa shape index (κ3) is 3.41. The fourth-order valence-corrected chi connectivity index (χ4v) is 2.64. The number of aromatic amines is 1. The van der Waals surface area contributed by atoms with Gasteiger partial charge in [-0.1, -0.05) is 30.3 Å². The summed E-state index contributed by atoms with van der Waals surface area (Å²) < 4.78 is 5.68. The van der Waals surface area contributed by atoms with Crippen LogP contribution < -0.4 is 15.8 Å². The molecule has 0 spiro atoms. The topological polar surface area (TPSA) is 102 Å². The molecule has 7 nitrogen and oxygen atoms in total. The molecule has 0 amide bonds. The zero-order valence-corrected chi connectivity index (χ0v) is 14.0. The molecule has 0 saturated heterocycles. The monoisotopic (exact) mass is 346 g/mol. The van der Waals surface area contributed by atoms with Crippen molar-refractivity contribution < 1.29 is 4.74 Å². The number of hydrogen-bond donors (Lipinski definition) is 3. The van der Waals surface area contributed by atoms with Crippen LogP contribution in [0.1, 0.15) is 0 Å². The Morgan fingerprint density at radius 1 is 1.04 bits per heavy atom. The van der Waals surface area contributed by atoms with Crippen LogP contribution in [0.4, 0.5) is 11.5 Å². The number of H-pyrrole nitrogens is 1. The maximum atomic E-state index is 5.85. The van der Waals surface area contributed by atoms with Gasteiger partial charge in [-0.2, -0.15) is 0 Å². The molecule has 4 rings (SSSR count). The number of nitrogen functional groups attached to an aromatic ring is 1. The molecular weight excluding hydrogens is 328 g/mol. The zero-order valence-electron chi connectivity index (χ0n) is 14.0. The second-order valence-corrected chi connectivity index (χ2v) is 5.72. The minimum Gasteiger partial charge on any atom is -0.492 e. The van der Waals surface area contributed by atoms with E-state index in [0.29, 0.717) is 36.1 Å². The van der Waals surface area contributed by atoms with Crippen LogP contribution in [0.5, 0.6) is 5.75 Å². The third-order valence-electron chi connectivity index (χ3n) is 3.85. The van der Waals surface area contributed by atoms with Crippen LogP contribution in [-0.2, 0) is 0 Å². The van der Waals surface area contributed by atoms with E-state index in [2.05, 4.69) is 25.3 Å². The average Bonchev–Trinajstić information content (AvgIpc) is 3.11. The summed E-state index contributed by atoms with van der Waals surface area (Å²) in [5.74, 6) is 2.23. The van der Waals surface area contributed by atoms with Crippen molar-refractivity contribution in [1.29, 1.82) is 0 Å². The lowest BCUT2D eigenvalue weighted by molar-refractivity contribution is 0.333. The van der Waals surface area contributed by atoms with Gasteiger partial charge in [-0.25, -0.2) is 15.0 Å². The molecule has 26 heavy (non-hydrogen) atoms. The van der Waals surface area contributed by atoms with Crippen molar-refractivity contribution in [1.82, 2.24) is 19.9 Å². The molecule has 130 valence electrons. The van der Waals surface area contributed by atoms with Gasteiger partial charge in [0.25, 0.3) is 0 Å².